The van der Waals surface area contributed by atoms with Crippen LogP contribution in [0, 0.1) is 0 Å². The molecule has 3 aromatic carbocycles. The molecule has 0 spiro atoms. The standard InChI is InChI=1S/C21H18N4O3S/c1-28-15-8-6-7-14(13-15)20-23-17-10-3-2-9-16(17)21(25-20)24-18-11-4-5-12-19(18)29(22,26)27/h2-13H,1H3,(H2,22,26,27)(H,23,24,25). The fourth-order valence-corrected chi connectivity index (χ4v) is 3.70. The van der Waals surface area contributed by atoms with Gasteiger partial charge in [0.15, 0.2) is 5.82 Å². The molecule has 8 heteroatoms. The SMILES string of the molecule is COc1cccc(-c2nc(Nc3ccccc3S(N)(=O)=O)c3ccccc3n2)c1. The van der Waals surface area contributed by atoms with Gasteiger partial charge >= 0.3 is 0 Å². The Morgan fingerprint density at radius 1 is 0.931 bits per heavy atom. The Morgan fingerprint density at radius 3 is 2.48 bits per heavy atom. The molecule has 0 fully saturated rings. The quantitative estimate of drug-likeness (QED) is 0.523. The molecule has 3 N–H and O–H groups in total. The number of rotatable bonds is 5. The maximum absolute atomic E-state index is 12.0. The second-order valence-electron chi connectivity index (χ2n) is 6.31. The van der Waals surface area contributed by atoms with E-state index in [1.807, 2.05) is 48.5 Å². The van der Waals surface area contributed by atoms with Crippen LogP contribution in [0.15, 0.2) is 77.7 Å². The zero-order chi connectivity index (χ0) is 20.4. The van der Waals surface area contributed by atoms with Gasteiger partial charge in [0.05, 0.1) is 18.3 Å². The molecule has 1 heterocycles. The smallest absolute Gasteiger partial charge is 0.240 e. The molecule has 1 aromatic heterocycles. The van der Waals surface area contributed by atoms with Gasteiger partial charge in [0, 0.05) is 10.9 Å². The summed E-state index contributed by atoms with van der Waals surface area (Å²) in [5.41, 5.74) is 1.84. The molecule has 0 bridgehead atoms. The number of nitrogens with two attached hydrogens (primary N) is 1. The summed E-state index contributed by atoms with van der Waals surface area (Å²) < 4.78 is 29.2. The first-order chi connectivity index (χ1) is 14.0. The topological polar surface area (TPSA) is 107 Å². The van der Waals surface area contributed by atoms with Crippen LogP contribution in [0.5, 0.6) is 5.75 Å². The van der Waals surface area contributed by atoms with Crippen LogP contribution in [-0.4, -0.2) is 25.5 Å². The number of aromatic nitrogens is 2. The van der Waals surface area contributed by atoms with Crippen LogP contribution >= 0.6 is 0 Å². The van der Waals surface area contributed by atoms with Crippen molar-refractivity contribution in [2.75, 3.05) is 12.4 Å². The molecule has 0 aliphatic heterocycles. The van der Waals surface area contributed by atoms with E-state index in [0.29, 0.717) is 23.1 Å². The number of primary sulfonamides is 1. The van der Waals surface area contributed by atoms with Gasteiger partial charge in [0.2, 0.25) is 10.0 Å². The Kier molecular flexibility index (Phi) is 4.87. The van der Waals surface area contributed by atoms with Crippen molar-refractivity contribution in [3.05, 3.63) is 72.8 Å². The third-order valence-electron chi connectivity index (χ3n) is 4.38. The molecule has 4 aromatic rings. The fourth-order valence-electron chi connectivity index (χ4n) is 3.01. The molecule has 4 rings (SSSR count). The largest absolute Gasteiger partial charge is 0.497 e. The first-order valence-electron chi connectivity index (χ1n) is 8.76. The zero-order valence-electron chi connectivity index (χ0n) is 15.5. The summed E-state index contributed by atoms with van der Waals surface area (Å²) in [6.45, 7) is 0. The van der Waals surface area contributed by atoms with E-state index < -0.39 is 10.0 Å². The summed E-state index contributed by atoms with van der Waals surface area (Å²) in [5.74, 6) is 1.65. The average Bonchev–Trinajstić information content (AvgIpc) is 2.73. The van der Waals surface area contributed by atoms with E-state index in [-0.39, 0.29) is 4.90 Å². The van der Waals surface area contributed by atoms with Crippen molar-refractivity contribution in [1.82, 2.24) is 9.97 Å². The number of hydrogen-bond acceptors (Lipinski definition) is 6. The highest BCUT2D eigenvalue weighted by molar-refractivity contribution is 7.89. The number of fused-ring (bicyclic) bond motifs is 1. The Labute approximate surface area is 168 Å². The van der Waals surface area contributed by atoms with Crippen molar-refractivity contribution in [3.8, 4) is 17.1 Å². The number of hydrogen-bond donors (Lipinski definition) is 2. The molecule has 0 aliphatic rings. The van der Waals surface area contributed by atoms with Crippen LogP contribution in [-0.2, 0) is 10.0 Å². The number of sulfonamides is 1. The van der Waals surface area contributed by atoms with Crippen LogP contribution in [0.25, 0.3) is 22.3 Å². The summed E-state index contributed by atoms with van der Waals surface area (Å²) in [4.78, 5) is 9.29. The Bertz CT molecular complexity index is 1310. The van der Waals surface area contributed by atoms with E-state index in [1.165, 1.54) is 6.07 Å². The van der Waals surface area contributed by atoms with Crippen molar-refractivity contribution in [2.24, 2.45) is 5.14 Å². The number of methoxy groups -OCH3 is 1. The molecule has 7 nitrogen and oxygen atoms in total. The maximum atomic E-state index is 12.0. The lowest BCUT2D eigenvalue weighted by molar-refractivity contribution is 0.415. The van der Waals surface area contributed by atoms with Gasteiger partial charge in [-0.25, -0.2) is 23.5 Å². The summed E-state index contributed by atoms with van der Waals surface area (Å²) in [6.07, 6.45) is 0. The Morgan fingerprint density at radius 2 is 1.69 bits per heavy atom. The molecule has 0 atom stereocenters. The lowest BCUT2D eigenvalue weighted by Crippen LogP contribution is -2.14. The van der Waals surface area contributed by atoms with E-state index in [4.69, 9.17) is 9.88 Å². The molecule has 146 valence electrons. The monoisotopic (exact) mass is 406 g/mol. The summed E-state index contributed by atoms with van der Waals surface area (Å²) in [5, 5.41) is 9.23. The third kappa shape index (κ3) is 3.89. The second-order valence-corrected chi connectivity index (χ2v) is 7.84. The molecule has 0 unspecified atom stereocenters. The molecule has 0 saturated heterocycles. The maximum Gasteiger partial charge on any atom is 0.240 e. The van der Waals surface area contributed by atoms with Gasteiger partial charge in [-0.05, 0) is 36.4 Å². The lowest BCUT2D eigenvalue weighted by Gasteiger charge is -2.13. The first-order valence-corrected chi connectivity index (χ1v) is 10.3. The fraction of sp³-hybridized carbons (Fsp3) is 0.0476. The highest BCUT2D eigenvalue weighted by Crippen LogP contribution is 2.30. The molecule has 0 amide bonds. The lowest BCUT2D eigenvalue weighted by atomic mass is 10.1. The van der Waals surface area contributed by atoms with E-state index in [1.54, 1.807) is 25.3 Å². The number of nitrogens with zero attached hydrogens (tertiary/aromatic N) is 2. The van der Waals surface area contributed by atoms with Gasteiger partial charge in [-0.1, -0.05) is 36.4 Å². The minimum atomic E-state index is -3.90. The highest BCUT2D eigenvalue weighted by Gasteiger charge is 2.16. The molecular weight excluding hydrogens is 388 g/mol. The number of para-hydroxylation sites is 2. The minimum Gasteiger partial charge on any atom is -0.497 e. The van der Waals surface area contributed by atoms with Gasteiger partial charge in [0.25, 0.3) is 0 Å². The van der Waals surface area contributed by atoms with Gasteiger partial charge in [-0.15, -0.1) is 0 Å². The Hall–Kier alpha value is -3.49. The zero-order valence-corrected chi connectivity index (χ0v) is 16.3. The predicted molar refractivity (Wildman–Crippen MR) is 113 cm³/mol. The minimum absolute atomic E-state index is 0.00868. The van der Waals surface area contributed by atoms with E-state index >= 15 is 0 Å². The van der Waals surface area contributed by atoms with E-state index in [2.05, 4.69) is 15.3 Å². The van der Waals surface area contributed by atoms with E-state index in [9.17, 15) is 8.42 Å². The Balaban J connectivity index is 1.89. The summed E-state index contributed by atoms with van der Waals surface area (Å²) in [6, 6.07) is 21.3. The number of anilines is 2. The third-order valence-corrected chi connectivity index (χ3v) is 5.35. The highest BCUT2D eigenvalue weighted by atomic mass is 32.2. The number of ether oxygens (including phenoxy) is 1. The first kappa shape index (κ1) is 18.9. The van der Waals surface area contributed by atoms with Crippen LogP contribution in [0.4, 0.5) is 11.5 Å². The van der Waals surface area contributed by atoms with Crippen molar-refractivity contribution < 1.29 is 13.2 Å². The van der Waals surface area contributed by atoms with Gasteiger partial charge in [-0.2, -0.15) is 0 Å². The van der Waals surface area contributed by atoms with Crippen molar-refractivity contribution >= 4 is 32.4 Å². The second kappa shape index (κ2) is 7.50. The van der Waals surface area contributed by atoms with Crippen molar-refractivity contribution in [1.29, 1.82) is 0 Å². The van der Waals surface area contributed by atoms with Crippen LogP contribution < -0.4 is 15.2 Å². The van der Waals surface area contributed by atoms with Crippen LogP contribution in [0.1, 0.15) is 0 Å². The molecule has 29 heavy (non-hydrogen) atoms. The van der Waals surface area contributed by atoms with E-state index in [0.717, 1.165) is 16.5 Å². The van der Waals surface area contributed by atoms with Gasteiger partial charge < -0.3 is 10.1 Å². The van der Waals surface area contributed by atoms with Crippen molar-refractivity contribution in [3.63, 3.8) is 0 Å². The predicted octanol–water partition coefficient (Wildman–Crippen LogP) is 3.70. The van der Waals surface area contributed by atoms with Crippen molar-refractivity contribution in [2.45, 2.75) is 4.90 Å². The van der Waals surface area contributed by atoms with Gasteiger partial charge in [-0.3, -0.25) is 0 Å². The number of nitrogens with one attached hydrogen (secondary N) is 1. The molecule has 0 aliphatic carbocycles. The summed E-state index contributed by atoms with van der Waals surface area (Å²) in [7, 11) is -2.31. The molecular formula is C21H18N4O3S. The van der Waals surface area contributed by atoms with Crippen LogP contribution in [0.3, 0.4) is 0 Å². The molecule has 0 radical (unpaired) electrons. The normalized spacial score (nSPS) is 11.4. The molecule has 0 saturated carbocycles. The van der Waals surface area contributed by atoms with Crippen LogP contribution in [0.2, 0.25) is 0 Å². The average molecular weight is 406 g/mol. The summed E-state index contributed by atoms with van der Waals surface area (Å²) >= 11 is 0. The number of benzene rings is 3. The van der Waals surface area contributed by atoms with Gasteiger partial charge in [0.1, 0.15) is 16.5 Å².